The normalized spacial score (nSPS) is 10.6. The van der Waals surface area contributed by atoms with Crippen LogP contribution in [0.25, 0.3) is 0 Å². The van der Waals surface area contributed by atoms with Crippen LogP contribution in [0.1, 0.15) is 59.3 Å². The second-order valence-electron chi connectivity index (χ2n) is 3.86. The largest absolute Gasteiger partial charge is 1.00 e. The van der Waals surface area contributed by atoms with E-state index in [4.69, 9.17) is 0 Å². The molecule has 0 aliphatic rings. The predicted octanol–water partition coefficient (Wildman–Crippen LogP) is 3.04. The summed E-state index contributed by atoms with van der Waals surface area (Å²) < 4.78 is 1.62. The average Bonchev–Trinajstić information content (AvgIpc) is 2.29. The molecule has 0 amide bonds. The van der Waals surface area contributed by atoms with Gasteiger partial charge in [0.25, 0.3) is 0 Å². The maximum absolute atomic E-state index is 2.27. The van der Waals surface area contributed by atoms with Gasteiger partial charge in [-0.05, 0) is 36.5 Å². The molecule has 0 aromatic heterocycles. The summed E-state index contributed by atoms with van der Waals surface area (Å²) in [6.45, 7) is 6.82. The molecule has 0 atom stereocenters. The number of rotatable bonds is 12. The minimum Gasteiger partial charge on any atom is -0.327 e. The second-order valence-corrected chi connectivity index (χ2v) is 7.95. The van der Waals surface area contributed by atoms with Crippen LogP contribution in [0.15, 0.2) is 0 Å². The standard InChI is InChI=1S/C13H27S3.Li/c1-4-7-10-14-13(15-11-8-5-2)16-12-9-6-3;/h4-12H2,1-3H3;/q-1;+1. The quantitative estimate of drug-likeness (QED) is 0.307. The molecule has 0 heterocycles. The van der Waals surface area contributed by atoms with Gasteiger partial charge in [-0.25, -0.2) is 0 Å². The van der Waals surface area contributed by atoms with E-state index in [2.05, 4.69) is 56.1 Å². The number of unbranched alkanes of at least 4 members (excludes halogenated alkanes) is 3. The van der Waals surface area contributed by atoms with Crippen molar-refractivity contribution in [2.45, 2.75) is 59.3 Å². The van der Waals surface area contributed by atoms with Crippen LogP contribution in [0.2, 0.25) is 0 Å². The van der Waals surface area contributed by atoms with Crippen LogP contribution in [-0.4, -0.2) is 17.3 Å². The Bertz CT molecular complexity index is 110. The van der Waals surface area contributed by atoms with E-state index in [1.165, 1.54) is 55.8 Å². The maximum atomic E-state index is 2.27. The maximum Gasteiger partial charge on any atom is 1.00 e. The van der Waals surface area contributed by atoms with E-state index in [0.29, 0.717) is 0 Å². The number of hydrogen-bond acceptors (Lipinski definition) is 3. The van der Waals surface area contributed by atoms with Crippen molar-refractivity contribution in [1.29, 1.82) is 0 Å². The summed E-state index contributed by atoms with van der Waals surface area (Å²) in [7, 11) is 0. The van der Waals surface area contributed by atoms with E-state index in [1.54, 1.807) is 3.91 Å². The van der Waals surface area contributed by atoms with Gasteiger partial charge in [0.2, 0.25) is 0 Å². The van der Waals surface area contributed by atoms with Crippen molar-refractivity contribution in [2.24, 2.45) is 0 Å². The number of thioether (sulfide) groups is 3. The Kier molecular flexibility index (Phi) is 21.8. The van der Waals surface area contributed by atoms with Gasteiger partial charge in [-0.1, -0.05) is 40.0 Å². The first-order chi connectivity index (χ1) is 7.85. The molecule has 0 nitrogen and oxygen atoms in total. The van der Waals surface area contributed by atoms with E-state index in [0.717, 1.165) is 0 Å². The third-order valence-corrected chi connectivity index (χ3v) is 6.46. The molecular formula is C13H27LiS3. The summed E-state index contributed by atoms with van der Waals surface area (Å²) in [4.78, 5) is 0. The molecule has 0 spiro atoms. The first kappa shape index (κ1) is 21.0. The third kappa shape index (κ3) is 15.6. The third-order valence-electron chi connectivity index (χ3n) is 2.15. The fourth-order valence-corrected chi connectivity index (χ4v) is 5.32. The van der Waals surface area contributed by atoms with E-state index >= 15 is 0 Å². The molecule has 0 fully saturated rings. The summed E-state index contributed by atoms with van der Waals surface area (Å²) in [5, 5.41) is 0. The topological polar surface area (TPSA) is 0 Å². The van der Waals surface area contributed by atoms with Crippen LogP contribution in [0.4, 0.5) is 0 Å². The van der Waals surface area contributed by atoms with Crippen LogP contribution in [0.5, 0.6) is 0 Å². The zero-order chi connectivity index (χ0) is 12.1. The van der Waals surface area contributed by atoms with Gasteiger partial charge < -0.3 is 35.3 Å². The summed E-state index contributed by atoms with van der Waals surface area (Å²) in [6, 6.07) is 0. The fraction of sp³-hybridized carbons (Fsp3) is 0.923. The molecule has 0 aromatic carbocycles. The molecule has 0 saturated heterocycles. The molecule has 0 aliphatic carbocycles. The van der Waals surface area contributed by atoms with Crippen molar-refractivity contribution in [3.05, 3.63) is 3.91 Å². The monoisotopic (exact) mass is 286 g/mol. The zero-order valence-electron chi connectivity index (χ0n) is 12.1. The summed E-state index contributed by atoms with van der Waals surface area (Å²) in [5.41, 5.74) is 0. The Morgan fingerprint density at radius 3 is 1.18 bits per heavy atom. The molecule has 0 N–H and O–H groups in total. The second kappa shape index (κ2) is 17.6. The minimum absolute atomic E-state index is 0. The molecule has 0 rings (SSSR count). The fourth-order valence-electron chi connectivity index (χ4n) is 1.02. The van der Waals surface area contributed by atoms with Crippen LogP contribution < -0.4 is 18.9 Å². The first-order valence-electron chi connectivity index (χ1n) is 6.60. The molecule has 0 bridgehead atoms. The molecule has 17 heavy (non-hydrogen) atoms. The van der Waals surface area contributed by atoms with Crippen molar-refractivity contribution in [3.8, 4) is 0 Å². The molecule has 0 saturated carbocycles. The molecule has 4 heteroatoms. The van der Waals surface area contributed by atoms with Gasteiger partial charge in [0.1, 0.15) is 0 Å². The Balaban J connectivity index is 0. The molecular weight excluding hydrogens is 259 g/mol. The van der Waals surface area contributed by atoms with Crippen LogP contribution in [0.3, 0.4) is 0 Å². The van der Waals surface area contributed by atoms with Crippen molar-refractivity contribution in [3.63, 3.8) is 0 Å². The van der Waals surface area contributed by atoms with Gasteiger partial charge in [-0.15, -0.1) is 0 Å². The Hall–Kier alpha value is 1.65. The van der Waals surface area contributed by atoms with Gasteiger partial charge in [-0.2, -0.15) is 3.91 Å². The average molecular weight is 287 g/mol. The van der Waals surface area contributed by atoms with E-state index in [1.807, 2.05) is 0 Å². The SMILES string of the molecule is CCCCS[C-](SCCCC)SCCCC.[Li+]. The van der Waals surface area contributed by atoms with E-state index < -0.39 is 0 Å². The predicted molar refractivity (Wildman–Crippen MR) is 85.3 cm³/mol. The van der Waals surface area contributed by atoms with Gasteiger partial charge in [0, 0.05) is 0 Å². The minimum atomic E-state index is 0. The Morgan fingerprint density at radius 2 is 0.941 bits per heavy atom. The van der Waals surface area contributed by atoms with Gasteiger partial charge in [0.05, 0.1) is 0 Å². The van der Waals surface area contributed by atoms with Crippen molar-refractivity contribution in [1.82, 2.24) is 0 Å². The van der Waals surface area contributed by atoms with E-state index in [9.17, 15) is 0 Å². The first-order valence-corrected chi connectivity index (χ1v) is 9.56. The van der Waals surface area contributed by atoms with Gasteiger partial charge >= 0.3 is 18.9 Å². The van der Waals surface area contributed by atoms with Gasteiger partial charge in [0.15, 0.2) is 0 Å². The van der Waals surface area contributed by atoms with Gasteiger partial charge in [-0.3, -0.25) is 0 Å². The van der Waals surface area contributed by atoms with Crippen LogP contribution in [0, 0.1) is 3.91 Å². The molecule has 0 unspecified atom stereocenters. The van der Waals surface area contributed by atoms with Crippen molar-refractivity contribution in [2.75, 3.05) is 17.3 Å². The number of hydrogen-bond donors (Lipinski definition) is 0. The zero-order valence-corrected chi connectivity index (χ0v) is 14.5. The Labute approximate surface area is 134 Å². The van der Waals surface area contributed by atoms with Crippen molar-refractivity contribution < 1.29 is 18.9 Å². The van der Waals surface area contributed by atoms with Crippen LogP contribution >= 0.6 is 35.3 Å². The summed E-state index contributed by atoms with van der Waals surface area (Å²) in [6.07, 6.45) is 8.03. The van der Waals surface area contributed by atoms with Crippen molar-refractivity contribution >= 4 is 35.3 Å². The molecule has 0 aliphatic heterocycles. The molecule has 0 aromatic rings. The van der Waals surface area contributed by atoms with Crippen LogP contribution in [-0.2, 0) is 0 Å². The smallest absolute Gasteiger partial charge is 0.327 e. The Morgan fingerprint density at radius 1 is 0.647 bits per heavy atom. The van der Waals surface area contributed by atoms with E-state index in [-0.39, 0.29) is 18.9 Å². The summed E-state index contributed by atoms with van der Waals surface area (Å²) >= 11 is 6.27. The molecule has 98 valence electrons. The summed E-state index contributed by atoms with van der Waals surface area (Å²) in [5.74, 6) is 3.93. The molecule has 0 radical (unpaired) electrons.